The van der Waals surface area contributed by atoms with E-state index in [4.69, 9.17) is 15.6 Å². The number of nitrogens with zero attached hydrogens (tertiary/aromatic N) is 2. The van der Waals surface area contributed by atoms with Crippen molar-refractivity contribution in [1.29, 1.82) is 0 Å². The average molecular weight is 377 g/mol. The van der Waals surface area contributed by atoms with E-state index in [-0.39, 0.29) is 0 Å². The molecule has 132 valence electrons. The van der Waals surface area contributed by atoms with Gasteiger partial charge in [-0.2, -0.15) is 4.98 Å². The summed E-state index contributed by atoms with van der Waals surface area (Å²) in [5.74, 6) is 0.490. The maximum Gasteiger partial charge on any atom is 0.215 e. The van der Waals surface area contributed by atoms with Gasteiger partial charge < -0.3 is 15.8 Å². The van der Waals surface area contributed by atoms with Gasteiger partial charge in [-0.15, -0.1) is 0 Å². The van der Waals surface area contributed by atoms with E-state index in [0.29, 0.717) is 28.7 Å². The van der Waals surface area contributed by atoms with E-state index in [1.54, 1.807) is 31.5 Å². The molecule has 0 spiro atoms. The normalized spacial score (nSPS) is 12.1. The third-order valence-electron chi connectivity index (χ3n) is 3.72. The average Bonchev–Trinajstić information content (AvgIpc) is 2.60. The summed E-state index contributed by atoms with van der Waals surface area (Å²) in [7, 11) is -1.48. The molecule has 0 amide bonds. The number of methoxy groups -OCH3 is 1. The number of aromatic nitrogens is 2. The van der Waals surface area contributed by atoms with Crippen molar-refractivity contribution in [3.8, 4) is 5.88 Å². The number of hydrogen-bond donors (Lipinski definition) is 5. The Balaban J connectivity index is 1.85. The summed E-state index contributed by atoms with van der Waals surface area (Å²) >= 11 is 3.93. The van der Waals surface area contributed by atoms with Crippen molar-refractivity contribution >= 4 is 43.2 Å². The Kier molecular flexibility index (Phi) is 4.80. The van der Waals surface area contributed by atoms with Gasteiger partial charge in [-0.1, -0.05) is 23.8 Å². The summed E-state index contributed by atoms with van der Waals surface area (Å²) < 4.78 is 16.9. The van der Waals surface area contributed by atoms with Gasteiger partial charge in [0.05, 0.1) is 24.7 Å². The maximum atomic E-state index is 11.7. The number of nitrogen functional groups attached to an aromatic ring is 1. The number of nitrogens with two attached hydrogens (primary N) is 2. The first kappa shape index (κ1) is 17.5. The van der Waals surface area contributed by atoms with Crippen molar-refractivity contribution in [3.05, 3.63) is 48.2 Å². The summed E-state index contributed by atoms with van der Waals surface area (Å²) in [5.41, 5.74) is 8.86. The fourth-order valence-corrected chi connectivity index (χ4v) is 3.38. The highest BCUT2D eigenvalue weighted by molar-refractivity contribution is 8.68. The molecular weight excluding hydrogens is 358 g/mol. The molecule has 0 saturated heterocycles. The number of nitrogens with one attached hydrogen (secondary N) is 1. The number of pyridine rings is 2. The second kappa shape index (κ2) is 6.87. The Morgan fingerprint density at radius 2 is 1.96 bits per heavy atom. The van der Waals surface area contributed by atoms with Gasteiger partial charge in [-0.05, 0) is 23.8 Å². The summed E-state index contributed by atoms with van der Waals surface area (Å²) in [6.07, 6.45) is 1.56. The molecule has 0 radical (unpaired) electrons. The molecule has 2 aromatic heterocycles. The lowest BCUT2D eigenvalue weighted by molar-refractivity contribution is 0.399. The minimum absolute atomic E-state index is 0.490. The zero-order chi connectivity index (χ0) is 18.0. The molecule has 5 N–H and O–H groups in total. The molecule has 2 heterocycles. The van der Waals surface area contributed by atoms with Crippen LogP contribution in [0.2, 0.25) is 0 Å². The van der Waals surface area contributed by atoms with Gasteiger partial charge in [-0.3, -0.25) is 9.35 Å². The summed E-state index contributed by atoms with van der Waals surface area (Å²) in [6, 6.07) is 10.7. The molecule has 25 heavy (non-hydrogen) atoms. The van der Waals surface area contributed by atoms with Crippen LogP contribution in [0.5, 0.6) is 5.88 Å². The van der Waals surface area contributed by atoms with Crippen LogP contribution in [0.1, 0.15) is 5.56 Å². The lowest BCUT2D eigenvalue weighted by Crippen LogP contribution is -2.15. The summed E-state index contributed by atoms with van der Waals surface area (Å²) in [6.45, 7) is 0.525. The van der Waals surface area contributed by atoms with Crippen LogP contribution in [0.25, 0.3) is 11.0 Å². The van der Waals surface area contributed by atoms with Crippen LogP contribution in [0, 0.1) is 0 Å². The number of benzene rings is 1. The van der Waals surface area contributed by atoms with Crippen LogP contribution >= 0.6 is 11.7 Å². The topological polar surface area (TPSA) is 116 Å². The second-order valence-electron chi connectivity index (χ2n) is 5.46. The lowest BCUT2D eigenvalue weighted by Gasteiger charge is -2.14. The van der Waals surface area contributed by atoms with E-state index in [1.807, 2.05) is 18.2 Å². The van der Waals surface area contributed by atoms with Crippen molar-refractivity contribution in [2.24, 2.45) is 5.14 Å². The summed E-state index contributed by atoms with van der Waals surface area (Å²) in [4.78, 5) is 9.06. The number of fused-ring (bicyclic) bond motifs is 1. The molecule has 0 aliphatic heterocycles. The van der Waals surface area contributed by atoms with Crippen LogP contribution in [0.3, 0.4) is 0 Å². The van der Waals surface area contributed by atoms with Crippen LogP contribution in [0.15, 0.2) is 47.5 Å². The quantitative estimate of drug-likeness (QED) is 0.343. The van der Waals surface area contributed by atoms with Crippen LogP contribution in [-0.4, -0.2) is 21.3 Å². The van der Waals surface area contributed by atoms with Gasteiger partial charge in [0, 0.05) is 32.0 Å². The summed E-state index contributed by atoms with van der Waals surface area (Å²) in [5, 5.41) is 9.65. The van der Waals surface area contributed by atoms with Crippen LogP contribution < -0.4 is 20.9 Å². The highest BCUT2D eigenvalue weighted by Crippen LogP contribution is 2.29. The Morgan fingerprint density at radius 3 is 2.60 bits per heavy atom. The minimum atomic E-state index is -3.04. The second-order valence-corrected chi connectivity index (χ2v) is 9.00. The molecule has 0 fully saturated rings. The van der Waals surface area contributed by atoms with Crippen molar-refractivity contribution in [2.75, 3.05) is 18.2 Å². The molecule has 0 saturated carbocycles. The molecule has 1 aromatic carbocycles. The third kappa shape index (κ3) is 3.84. The largest absolute Gasteiger partial charge is 0.481 e. The van der Waals surface area contributed by atoms with Gasteiger partial charge in [0.25, 0.3) is 0 Å². The first-order valence-corrected chi connectivity index (χ1v) is 10.4. The van der Waals surface area contributed by atoms with Crippen molar-refractivity contribution in [1.82, 2.24) is 9.97 Å². The molecule has 0 aliphatic carbocycles. The maximum absolute atomic E-state index is 11.7. The Labute approximate surface area is 151 Å². The molecule has 0 unspecified atom stereocenters. The van der Waals surface area contributed by atoms with Crippen LogP contribution in [0.4, 0.5) is 11.4 Å². The van der Waals surface area contributed by atoms with Crippen molar-refractivity contribution in [3.63, 3.8) is 0 Å². The monoisotopic (exact) mass is 377 g/mol. The zero-order valence-corrected chi connectivity index (χ0v) is 15.3. The fraction of sp³-hybridized carbons (Fsp3) is 0.125. The van der Waals surface area contributed by atoms with E-state index in [2.05, 4.69) is 26.9 Å². The zero-order valence-electron chi connectivity index (χ0n) is 13.5. The molecular formula is C16H19N5O2S2. The van der Waals surface area contributed by atoms with Crippen molar-refractivity contribution < 1.29 is 8.95 Å². The number of ether oxygens (including phenoxy) is 1. The molecule has 9 heteroatoms. The van der Waals surface area contributed by atoms with E-state index in [9.17, 15) is 4.21 Å². The van der Waals surface area contributed by atoms with Gasteiger partial charge in [0.1, 0.15) is 0 Å². The van der Waals surface area contributed by atoms with Gasteiger partial charge in [-0.25, -0.2) is 4.98 Å². The highest BCUT2D eigenvalue weighted by atomic mass is 33.1. The number of rotatable bonds is 5. The van der Waals surface area contributed by atoms with E-state index >= 15 is 0 Å². The molecule has 7 nitrogen and oxygen atoms in total. The third-order valence-corrected chi connectivity index (χ3v) is 5.45. The molecule has 0 atom stereocenters. The first-order chi connectivity index (χ1) is 11.9. The predicted molar refractivity (Wildman–Crippen MR) is 105 cm³/mol. The van der Waals surface area contributed by atoms with E-state index < -0.39 is 9.15 Å². The van der Waals surface area contributed by atoms with E-state index in [0.717, 1.165) is 16.6 Å². The lowest BCUT2D eigenvalue weighted by atomic mass is 10.2. The van der Waals surface area contributed by atoms with Gasteiger partial charge >= 0.3 is 0 Å². The molecule has 3 rings (SSSR count). The Morgan fingerprint density at radius 1 is 1.24 bits per heavy atom. The highest BCUT2D eigenvalue weighted by Gasteiger charge is 2.10. The Bertz CT molecular complexity index is 957. The number of anilines is 2. The number of thiol groups is 2. The van der Waals surface area contributed by atoms with Crippen LogP contribution in [-0.2, 0) is 15.7 Å². The first-order valence-electron chi connectivity index (χ1n) is 7.42. The van der Waals surface area contributed by atoms with Gasteiger partial charge in [0.2, 0.25) is 5.88 Å². The predicted octanol–water partition coefficient (Wildman–Crippen LogP) is 1.93. The standard InChI is InChI=1S/C16H19N5O2S2/c1-23-14-7-6-12-15(13(17)9-20-16(12)21-14)19-8-10-2-4-11(5-3-10)25(18,22)24/h2-7,9,25H,8,17H2,1H3,(H3,18,22,24)(H,19,20,21). The van der Waals surface area contributed by atoms with Gasteiger partial charge in [0.15, 0.2) is 5.65 Å². The van der Waals surface area contributed by atoms with Crippen molar-refractivity contribution in [2.45, 2.75) is 11.4 Å². The Hall–Kier alpha value is -2.36. The number of hydrogen-bond acceptors (Lipinski definition) is 6. The molecule has 3 aromatic rings. The SMILES string of the molecule is COc1ccc2c(NCc3ccc([SH](N)(=O)S)cc3)c(N)cnc2n1. The smallest absolute Gasteiger partial charge is 0.215 e. The van der Waals surface area contributed by atoms with E-state index in [1.165, 1.54) is 0 Å². The molecule has 0 aliphatic rings. The minimum Gasteiger partial charge on any atom is -0.481 e. The fourth-order valence-electron chi connectivity index (χ4n) is 2.40. The molecule has 0 bridgehead atoms.